The van der Waals surface area contributed by atoms with Crippen LogP contribution in [0, 0.1) is 5.92 Å². The molecule has 2 rings (SSSR count). The Balaban J connectivity index is 2.13. The third-order valence-electron chi connectivity index (χ3n) is 4.58. The first-order valence-corrected chi connectivity index (χ1v) is 7.28. The maximum absolute atomic E-state index is 6.22. The average Bonchev–Trinajstić information content (AvgIpc) is 2.70. The first-order valence-electron chi connectivity index (χ1n) is 7.28. The van der Waals surface area contributed by atoms with Crippen molar-refractivity contribution in [2.24, 2.45) is 5.92 Å². The van der Waals surface area contributed by atoms with E-state index >= 15 is 0 Å². The molecule has 106 valence electrons. The molecule has 0 spiro atoms. The fourth-order valence-electron chi connectivity index (χ4n) is 3.91. The van der Waals surface area contributed by atoms with Gasteiger partial charge in [0.2, 0.25) is 0 Å². The standard InChI is InChI=1S/C15H29NO2/c1-10-7-8-12(17-10)13(16-6)11-9-14(2,3)18-15(11,4)5/h10-13,16H,7-9H2,1-6H3. The van der Waals surface area contributed by atoms with Crippen molar-refractivity contribution >= 4 is 0 Å². The van der Waals surface area contributed by atoms with Gasteiger partial charge in [-0.05, 0) is 60.9 Å². The van der Waals surface area contributed by atoms with Crippen LogP contribution >= 0.6 is 0 Å². The molecule has 0 aromatic rings. The van der Waals surface area contributed by atoms with Gasteiger partial charge in [0.25, 0.3) is 0 Å². The lowest BCUT2D eigenvalue weighted by Gasteiger charge is -2.35. The van der Waals surface area contributed by atoms with Gasteiger partial charge in [0.15, 0.2) is 0 Å². The van der Waals surface area contributed by atoms with Crippen LogP contribution < -0.4 is 5.32 Å². The Hall–Kier alpha value is -0.120. The van der Waals surface area contributed by atoms with Gasteiger partial charge >= 0.3 is 0 Å². The summed E-state index contributed by atoms with van der Waals surface area (Å²) in [4.78, 5) is 0. The van der Waals surface area contributed by atoms with Crippen LogP contribution in [-0.2, 0) is 9.47 Å². The quantitative estimate of drug-likeness (QED) is 0.841. The van der Waals surface area contributed by atoms with Gasteiger partial charge in [-0.3, -0.25) is 0 Å². The summed E-state index contributed by atoms with van der Waals surface area (Å²) in [6.07, 6.45) is 4.19. The second-order valence-corrected chi connectivity index (χ2v) is 7.15. The molecule has 4 atom stereocenters. The van der Waals surface area contributed by atoms with Gasteiger partial charge < -0.3 is 14.8 Å². The molecular weight excluding hydrogens is 226 g/mol. The van der Waals surface area contributed by atoms with Crippen LogP contribution in [0.5, 0.6) is 0 Å². The van der Waals surface area contributed by atoms with Crippen LogP contribution in [0.4, 0.5) is 0 Å². The molecule has 2 heterocycles. The van der Waals surface area contributed by atoms with Gasteiger partial charge in [-0.2, -0.15) is 0 Å². The van der Waals surface area contributed by atoms with Crippen LogP contribution in [0.3, 0.4) is 0 Å². The van der Waals surface area contributed by atoms with Crippen molar-refractivity contribution in [1.29, 1.82) is 0 Å². The molecule has 2 aliphatic heterocycles. The lowest BCUT2D eigenvalue weighted by atomic mass is 9.79. The van der Waals surface area contributed by atoms with Crippen molar-refractivity contribution in [3.8, 4) is 0 Å². The summed E-state index contributed by atoms with van der Waals surface area (Å²) >= 11 is 0. The molecule has 1 N–H and O–H groups in total. The molecule has 0 aromatic carbocycles. The number of likely N-dealkylation sites (N-methyl/N-ethyl adjacent to an activating group) is 1. The molecule has 0 amide bonds. The van der Waals surface area contributed by atoms with Crippen molar-refractivity contribution in [2.75, 3.05) is 7.05 Å². The van der Waals surface area contributed by atoms with E-state index in [0.717, 1.165) is 6.42 Å². The molecule has 0 radical (unpaired) electrons. The Morgan fingerprint density at radius 3 is 2.22 bits per heavy atom. The Kier molecular flexibility index (Phi) is 3.79. The van der Waals surface area contributed by atoms with Gasteiger partial charge in [0, 0.05) is 12.0 Å². The van der Waals surface area contributed by atoms with E-state index in [1.807, 2.05) is 0 Å². The summed E-state index contributed by atoms with van der Waals surface area (Å²) in [6.45, 7) is 11.0. The van der Waals surface area contributed by atoms with Crippen LogP contribution in [-0.4, -0.2) is 36.5 Å². The summed E-state index contributed by atoms with van der Waals surface area (Å²) in [7, 11) is 2.05. The minimum atomic E-state index is -0.0770. The molecule has 2 saturated heterocycles. The minimum Gasteiger partial charge on any atom is -0.374 e. The number of nitrogens with one attached hydrogen (secondary N) is 1. The molecule has 0 aliphatic carbocycles. The highest BCUT2D eigenvalue weighted by atomic mass is 16.5. The van der Waals surface area contributed by atoms with E-state index in [-0.39, 0.29) is 11.2 Å². The van der Waals surface area contributed by atoms with Crippen LogP contribution in [0.15, 0.2) is 0 Å². The van der Waals surface area contributed by atoms with Crippen molar-refractivity contribution < 1.29 is 9.47 Å². The van der Waals surface area contributed by atoms with E-state index in [4.69, 9.17) is 9.47 Å². The van der Waals surface area contributed by atoms with Gasteiger partial charge in [-0.1, -0.05) is 0 Å². The zero-order chi connectivity index (χ0) is 13.6. The third kappa shape index (κ3) is 2.73. The monoisotopic (exact) mass is 255 g/mol. The smallest absolute Gasteiger partial charge is 0.0736 e. The Bertz CT molecular complexity index is 301. The molecule has 2 aliphatic rings. The normalized spacial score (nSPS) is 40.0. The van der Waals surface area contributed by atoms with E-state index in [1.54, 1.807) is 0 Å². The van der Waals surface area contributed by atoms with Crippen LogP contribution in [0.1, 0.15) is 53.9 Å². The van der Waals surface area contributed by atoms with Crippen LogP contribution in [0.2, 0.25) is 0 Å². The summed E-state index contributed by atoms with van der Waals surface area (Å²) in [5.74, 6) is 0.507. The first-order chi connectivity index (χ1) is 8.25. The summed E-state index contributed by atoms with van der Waals surface area (Å²) < 4.78 is 12.3. The SMILES string of the molecule is CNC(C1CCC(C)O1)C1CC(C)(C)OC1(C)C. The summed E-state index contributed by atoms with van der Waals surface area (Å²) in [5.41, 5.74) is -0.0974. The minimum absolute atomic E-state index is 0.0204. The Morgan fingerprint density at radius 1 is 1.17 bits per heavy atom. The Morgan fingerprint density at radius 2 is 1.83 bits per heavy atom. The predicted molar refractivity (Wildman–Crippen MR) is 73.8 cm³/mol. The zero-order valence-corrected chi connectivity index (χ0v) is 12.7. The highest BCUT2D eigenvalue weighted by Gasteiger charge is 2.51. The zero-order valence-electron chi connectivity index (χ0n) is 12.7. The largest absolute Gasteiger partial charge is 0.374 e. The van der Waals surface area contributed by atoms with Gasteiger partial charge in [-0.25, -0.2) is 0 Å². The Labute approximate surface area is 112 Å². The number of rotatable bonds is 3. The molecule has 3 nitrogen and oxygen atoms in total. The molecule has 0 aromatic heterocycles. The number of hydrogen-bond donors (Lipinski definition) is 1. The second-order valence-electron chi connectivity index (χ2n) is 7.15. The van der Waals surface area contributed by atoms with E-state index in [2.05, 4.69) is 47.0 Å². The molecule has 2 fully saturated rings. The lowest BCUT2D eigenvalue weighted by molar-refractivity contribution is -0.0848. The van der Waals surface area contributed by atoms with Crippen molar-refractivity contribution in [2.45, 2.75) is 83.3 Å². The van der Waals surface area contributed by atoms with E-state index in [0.29, 0.717) is 24.2 Å². The molecule has 18 heavy (non-hydrogen) atoms. The third-order valence-corrected chi connectivity index (χ3v) is 4.58. The second kappa shape index (κ2) is 4.77. The predicted octanol–water partition coefficient (Wildman–Crippen LogP) is 2.74. The lowest BCUT2D eigenvalue weighted by Crippen LogP contribution is -2.49. The summed E-state index contributed by atoms with van der Waals surface area (Å²) in [6, 6.07) is 0.395. The van der Waals surface area contributed by atoms with Crippen molar-refractivity contribution in [1.82, 2.24) is 5.32 Å². The maximum atomic E-state index is 6.22. The highest BCUT2D eigenvalue weighted by molar-refractivity contribution is 5.02. The number of ether oxygens (including phenoxy) is 2. The fraction of sp³-hybridized carbons (Fsp3) is 1.00. The van der Waals surface area contributed by atoms with Crippen molar-refractivity contribution in [3.05, 3.63) is 0 Å². The molecule has 3 heteroatoms. The maximum Gasteiger partial charge on any atom is 0.0736 e. The van der Waals surface area contributed by atoms with E-state index < -0.39 is 0 Å². The number of hydrogen-bond acceptors (Lipinski definition) is 3. The first kappa shape index (κ1) is 14.3. The van der Waals surface area contributed by atoms with Crippen molar-refractivity contribution in [3.63, 3.8) is 0 Å². The topological polar surface area (TPSA) is 30.5 Å². The van der Waals surface area contributed by atoms with Gasteiger partial charge in [0.05, 0.1) is 23.4 Å². The van der Waals surface area contributed by atoms with Crippen LogP contribution in [0.25, 0.3) is 0 Å². The molecule has 0 saturated carbocycles. The van der Waals surface area contributed by atoms with Gasteiger partial charge in [0.1, 0.15) is 0 Å². The highest BCUT2D eigenvalue weighted by Crippen LogP contribution is 2.45. The summed E-state index contributed by atoms with van der Waals surface area (Å²) in [5, 5.41) is 3.49. The van der Waals surface area contributed by atoms with Gasteiger partial charge in [-0.15, -0.1) is 0 Å². The molecular formula is C15H29NO2. The molecule has 4 unspecified atom stereocenters. The van der Waals surface area contributed by atoms with E-state index in [9.17, 15) is 0 Å². The molecule has 0 bridgehead atoms. The fourth-order valence-corrected chi connectivity index (χ4v) is 3.91. The average molecular weight is 255 g/mol. The van der Waals surface area contributed by atoms with E-state index in [1.165, 1.54) is 12.8 Å².